The Morgan fingerprint density at radius 2 is 1.68 bits per heavy atom. The van der Waals surface area contributed by atoms with Crippen molar-refractivity contribution < 1.29 is 9.47 Å². The average Bonchev–Trinajstić information content (AvgIpc) is 3.00. The lowest BCUT2D eigenvalue weighted by atomic mass is 10.0. The van der Waals surface area contributed by atoms with E-state index in [0.717, 1.165) is 39.2 Å². The molecule has 2 aromatic carbocycles. The Morgan fingerprint density at radius 3 is 2.28 bits per heavy atom. The fraction of sp³-hybridized carbons (Fsp3) is 0.333. The second kappa shape index (κ2) is 8.43. The van der Waals surface area contributed by atoms with Gasteiger partial charge in [0.25, 0.3) is 0 Å². The lowest BCUT2D eigenvalue weighted by Crippen LogP contribution is -1.92. The number of ether oxygens (including phenoxy) is 2. The Balaban J connectivity index is 0.00000109. The third-order valence-corrected chi connectivity index (χ3v) is 5.07. The van der Waals surface area contributed by atoms with Gasteiger partial charge in [-0.05, 0) is 54.8 Å². The van der Waals surface area contributed by atoms with E-state index in [2.05, 4.69) is 53.0 Å². The molecule has 0 amide bonds. The van der Waals surface area contributed by atoms with E-state index in [1.807, 2.05) is 26.0 Å². The van der Waals surface area contributed by atoms with E-state index in [1.54, 1.807) is 14.2 Å². The number of halogens is 1. The van der Waals surface area contributed by atoms with Crippen LogP contribution in [-0.4, -0.2) is 19.2 Å². The summed E-state index contributed by atoms with van der Waals surface area (Å²) in [6.07, 6.45) is 0.958. The number of fused-ring (bicyclic) bond motifs is 1. The number of H-pyrrole nitrogens is 1. The first-order valence-electron chi connectivity index (χ1n) is 8.62. The summed E-state index contributed by atoms with van der Waals surface area (Å²) in [5.74, 6) is 1.48. The van der Waals surface area contributed by atoms with Crippen LogP contribution in [0, 0.1) is 6.92 Å². The van der Waals surface area contributed by atoms with Gasteiger partial charge in [0.05, 0.1) is 14.2 Å². The molecule has 3 aromatic rings. The molecular formula is C21H26BrNO2. The molecule has 3 rings (SSSR count). The van der Waals surface area contributed by atoms with Gasteiger partial charge in [-0.25, -0.2) is 0 Å². The van der Waals surface area contributed by atoms with Crippen LogP contribution in [0.2, 0.25) is 0 Å². The number of rotatable bonds is 4. The van der Waals surface area contributed by atoms with Crippen LogP contribution in [-0.2, 0) is 6.42 Å². The minimum Gasteiger partial charge on any atom is -0.493 e. The summed E-state index contributed by atoms with van der Waals surface area (Å²) in [6.45, 7) is 8.28. The maximum Gasteiger partial charge on any atom is 0.161 e. The summed E-state index contributed by atoms with van der Waals surface area (Å²) in [4.78, 5) is 3.57. The molecule has 0 atom stereocenters. The van der Waals surface area contributed by atoms with Crippen LogP contribution in [0.3, 0.4) is 0 Å². The number of benzene rings is 2. The van der Waals surface area contributed by atoms with Crippen molar-refractivity contribution in [3.8, 4) is 22.8 Å². The highest BCUT2D eigenvalue weighted by atomic mass is 79.9. The molecule has 0 radical (unpaired) electrons. The number of aromatic nitrogens is 1. The molecule has 134 valence electrons. The molecule has 0 aliphatic heterocycles. The van der Waals surface area contributed by atoms with Gasteiger partial charge in [0, 0.05) is 26.6 Å². The van der Waals surface area contributed by atoms with Crippen LogP contribution in [0.5, 0.6) is 11.5 Å². The van der Waals surface area contributed by atoms with Gasteiger partial charge in [-0.1, -0.05) is 36.7 Å². The van der Waals surface area contributed by atoms with Gasteiger partial charge in [0.2, 0.25) is 0 Å². The summed E-state index contributed by atoms with van der Waals surface area (Å²) in [5.41, 5.74) is 5.94. The highest BCUT2D eigenvalue weighted by Gasteiger charge is 2.15. The molecule has 1 heterocycles. The lowest BCUT2D eigenvalue weighted by molar-refractivity contribution is 0.355. The van der Waals surface area contributed by atoms with E-state index in [1.165, 1.54) is 16.5 Å². The van der Waals surface area contributed by atoms with Crippen LogP contribution in [0.1, 0.15) is 31.9 Å². The van der Waals surface area contributed by atoms with Crippen LogP contribution >= 0.6 is 15.9 Å². The lowest BCUT2D eigenvalue weighted by Gasteiger charge is -2.10. The Kier molecular flexibility index (Phi) is 6.54. The van der Waals surface area contributed by atoms with Gasteiger partial charge in [-0.15, -0.1) is 0 Å². The van der Waals surface area contributed by atoms with Gasteiger partial charge in [0.15, 0.2) is 11.5 Å². The zero-order valence-electron chi connectivity index (χ0n) is 15.8. The molecule has 0 aliphatic carbocycles. The average molecular weight is 404 g/mol. The van der Waals surface area contributed by atoms with Crippen molar-refractivity contribution >= 4 is 26.8 Å². The minimum absolute atomic E-state index is 0.739. The number of hydrogen-bond acceptors (Lipinski definition) is 2. The summed E-state index contributed by atoms with van der Waals surface area (Å²) in [6, 6.07) is 10.4. The van der Waals surface area contributed by atoms with Crippen molar-refractivity contribution in [2.24, 2.45) is 0 Å². The van der Waals surface area contributed by atoms with Crippen LogP contribution < -0.4 is 9.47 Å². The largest absolute Gasteiger partial charge is 0.493 e. The standard InChI is InChI=1S/C19H20BrNO2.C2H6/c1-5-13-14-10-15(20)11(2)8-16(14)21-19(13)12-6-7-17(22-3)18(9-12)23-4;1-2/h6-10,21H,5H2,1-4H3;1-2H3. The highest BCUT2D eigenvalue weighted by Crippen LogP contribution is 2.37. The minimum atomic E-state index is 0.739. The van der Waals surface area contributed by atoms with Crippen molar-refractivity contribution in [1.29, 1.82) is 0 Å². The van der Waals surface area contributed by atoms with E-state index >= 15 is 0 Å². The molecule has 0 aliphatic rings. The SMILES string of the molecule is CC.CCc1c(-c2ccc(OC)c(OC)c2)[nH]c2cc(C)c(Br)cc12. The van der Waals surface area contributed by atoms with E-state index < -0.39 is 0 Å². The molecule has 0 spiro atoms. The third-order valence-electron chi connectivity index (χ3n) is 4.21. The number of nitrogens with one attached hydrogen (secondary N) is 1. The van der Waals surface area contributed by atoms with Gasteiger partial charge in [0.1, 0.15) is 0 Å². The zero-order valence-corrected chi connectivity index (χ0v) is 17.4. The van der Waals surface area contributed by atoms with Gasteiger partial charge in [-0.3, -0.25) is 0 Å². The molecule has 1 N–H and O–H groups in total. The number of methoxy groups -OCH3 is 2. The predicted molar refractivity (Wildman–Crippen MR) is 110 cm³/mol. The second-order valence-electron chi connectivity index (χ2n) is 5.55. The summed E-state index contributed by atoms with van der Waals surface area (Å²) >= 11 is 3.64. The van der Waals surface area contributed by atoms with Gasteiger partial charge >= 0.3 is 0 Å². The molecule has 0 unspecified atom stereocenters. The van der Waals surface area contributed by atoms with E-state index in [9.17, 15) is 0 Å². The summed E-state index contributed by atoms with van der Waals surface area (Å²) < 4.78 is 11.9. The van der Waals surface area contributed by atoms with Crippen molar-refractivity contribution in [2.75, 3.05) is 14.2 Å². The Labute approximate surface area is 158 Å². The third kappa shape index (κ3) is 3.69. The Morgan fingerprint density at radius 1 is 1.00 bits per heavy atom. The quantitative estimate of drug-likeness (QED) is 0.538. The number of aryl methyl sites for hydroxylation is 2. The van der Waals surface area contributed by atoms with Gasteiger partial charge < -0.3 is 14.5 Å². The van der Waals surface area contributed by atoms with Crippen LogP contribution in [0.15, 0.2) is 34.8 Å². The van der Waals surface area contributed by atoms with Crippen molar-refractivity contribution in [1.82, 2.24) is 4.98 Å². The smallest absolute Gasteiger partial charge is 0.161 e. The first kappa shape index (κ1) is 19.4. The summed E-state index contributed by atoms with van der Waals surface area (Å²) in [5, 5.41) is 1.26. The highest BCUT2D eigenvalue weighted by molar-refractivity contribution is 9.10. The van der Waals surface area contributed by atoms with Crippen LogP contribution in [0.25, 0.3) is 22.2 Å². The fourth-order valence-electron chi connectivity index (χ4n) is 2.98. The molecule has 0 bridgehead atoms. The predicted octanol–water partition coefficient (Wildman–Crippen LogP) is 6.51. The first-order valence-corrected chi connectivity index (χ1v) is 9.41. The van der Waals surface area contributed by atoms with Crippen LogP contribution in [0.4, 0.5) is 0 Å². The molecule has 4 heteroatoms. The van der Waals surface area contributed by atoms with E-state index in [-0.39, 0.29) is 0 Å². The fourth-order valence-corrected chi connectivity index (χ4v) is 3.33. The Bertz CT molecular complexity index is 868. The monoisotopic (exact) mass is 403 g/mol. The molecular weight excluding hydrogens is 378 g/mol. The van der Waals surface area contributed by atoms with Crippen molar-refractivity contribution in [3.63, 3.8) is 0 Å². The number of aromatic amines is 1. The molecule has 1 aromatic heterocycles. The molecule has 25 heavy (non-hydrogen) atoms. The van der Waals surface area contributed by atoms with E-state index in [0.29, 0.717) is 0 Å². The molecule has 0 saturated carbocycles. The van der Waals surface area contributed by atoms with Crippen molar-refractivity contribution in [2.45, 2.75) is 34.1 Å². The molecule has 3 nitrogen and oxygen atoms in total. The molecule has 0 fully saturated rings. The maximum absolute atomic E-state index is 5.44. The normalized spacial score (nSPS) is 10.4. The maximum atomic E-state index is 5.44. The first-order chi connectivity index (χ1) is 12.1. The number of hydrogen-bond donors (Lipinski definition) is 1. The molecule has 0 saturated heterocycles. The Hall–Kier alpha value is -1.94. The van der Waals surface area contributed by atoms with Gasteiger partial charge in [-0.2, -0.15) is 0 Å². The zero-order chi connectivity index (χ0) is 18.6. The van der Waals surface area contributed by atoms with Crippen molar-refractivity contribution in [3.05, 3.63) is 45.9 Å². The topological polar surface area (TPSA) is 34.2 Å². The summed E-state index contributed by atoms with van der Waals surface area (Å²) in [7, 11) is 3.31. The van der Waals surface area contributed by atoms with E-state index in [4.69, 9.17) is 9.47 Å². The second-order valence-corrected chi connectivity index (χ2v) is 6.40.